The fraction of sp³-hybridized carbons (Fsp3) is 0.625. The summed E-state index contributed by atoms with van der Waals surface area (Å²) in [6, 6.07) is 1.57. The number of amides is 1. The predicted octanol–water partition coefficient (Wildman–Crippen LogP) is 4.72. The van der Waals surface area contributed by atoms with Crippen molar-refractivity contribution >= 4 is 29.1 Å². The number of rotatable bonds is 5. The lowest BCUT2D eigenvalue weighted by Gasteiger charge is -2.31. The van der Waals surface area contributed by atoms with Crippen LogP contribution in [0.1, 0.15) is 56.3 Å². The first kappa shape index (κ1) is 16.6. The van der Waals surface area contributed by atoms with Crippen LogP contribution < -0.4 is 5.32 Å². The van der Waals surface area contributed by atoms with Crippen LogP contribution in [0.4, 0.5) is 0 Å². The van der Waals surface area contributed by atoms with Crippen molar-refractivity contribution in [1.82, 2.24) is 10.3 Å². The lowest BCUT2D eigenvalue weighted by molar-refractivity contribution is 0.0921. The number of hydrogen-bond acceptors (Lipinski definition) is 2. The lowest BCUT2D eigenvalue weighted by atomic mass is 9.78. The van der Waals surface area contributed by atoms with E-state index < -0.39 is 0 Å². The summed E-state index contributed by atoms with van der Waals surface area (Å²) in [6.07, 6.45) is 7.55. The van der Waals surface area contributed by atoms with Crippen LogP contribution >= 0.6 is 23.2 Å². The maximum atomic E-state index is 12.2. The summed E-state index contributed by atoms with van der Waals surface area (Å²) in [5.41, 5.74) is 0.718. The molecule has 1 fully saturated rings. The first-order valence-corrected chi connectivity index (χ1v) is 8.27. The second-order valence-electron chi connectivity index (χ2n) is 6.48. The Balaban J connectivity index is 2.00. The molecule has 1 aromatic rings. The second kappa shape index (κ2) is 6.97. The van der Waals surface area contributed by atoms with Crippen molar-refractivity contribution in [3.05, 3.63) is 28.0 Å². The molecule has 0 aliphatic heterocycles. The van der Waals surface area contributed by atoms with Gasteiger partial charge in [0, 0.05) is 12.7 Å². The van der Waals surface area contributed by atoms with Gasteiger partial charge in [-0.05, 0) is 36.7 Å². The summed E-state index contributed by atoms with van der Waals surface area (Å²) in [4.78, 5) is 16.2. The third kappa shape index (κ3) is 4.33. The van der Waals surface area contributed by atoms with Crippen LogP contribution in [-0.4, -0.2) is 17.4 Å². The van der Waals surface area contributed by atoms with Gasteiger partial charge in [-0.2, -0.15) is 0 Å². The Morgan fingerprint density at radius 3 is 2.62 bits per heavy atom. The molecule has 1 aromatic heterocycles. The molecule has 1 saturated carbocycles. The molecule has 1 N–H and O–H groups in total. The molecule has 1 amide bonds. The van der Waals surface area contributed by atoms with Gasteiger partial charge >= 0.3 is 0 Å². The van der Waals surface area contributed by atoms with E-state index >= 15 is 0 Å². The maximum absolute atomic E-state index is 12.2. The molecule has 1 heterocycles. The minimum absolute atomic E-state index is 0.129. The lowest BCUT2D eigenvalue weighted by Crippen LogP contribution is -2.36. The molecule has 0 radical (unpaired) electrons. The Hall–Kier alpha value is -0.800. The molecule has 116 valence electrons. The molecule has 21 heavy (non-hydrogen) atoms. The van der Waals surface area contributed by atoms with Gasteiger partial charge in [-0.3, -0.25) is 4.79 Å². The predicted molar refractivity (Wildman–Crippen MR) is 86.9 cm³/mol. The van der Waals surface area contributed by atoms with Crippen LogP contribution in [0.5, 0.6) is 0 Å². The van der Waals surface area contributed by atoms with Gasteiger partial charge in [0.25, 0.3) is 5.91 Å². The minimum atomic E-state index is -0.129. The Labute approximate surface area is 136 Å². The van der Waals surface area contributed by atoms with Gasteiger partial charge in [0.2, 0.25) is 0 Å². The molecule has 0 aromatic carbocycles. The van der Waals surface area contributed by atoms with E-state index in [0.29, 0.717) is 16.5 Å². The van der Waals surface area contributed by atoms with Crippen LogP contribution in [0.3, 0.4) is 0 Å². The summed E-state index contributed by atoms with van der Waals surface area (Å²) in [6.45, 7) is 5.21. The van der Waals surface area contributed by atoms with Crippen molar-refractivity contribution in [3.8, 4) is 0 Å². The molecular formula is C16H22Cl2N2O. The van der Waals surface area contributed by atoms with Gasteiger partial charge in [0.15, 0.2) is 0 Å². The molecule has 0 spiro atoms. The van der Waals surface area contributed by atoms with E-state index in [2.05, 4.69) is 24.1 Å². The first-order chi connectivity index (χ1) is 9.92. The maximum Gasteiger partial charge on any atom is 0.252 e. The number of aromatic nitrogens is 1. The highest BCUT2D eigenvalue weighted by molar-refractivity contribution is 6.41. The third-order valence-electron chi connectivity index (χ3n) is 4.19. The molecule has 1 aliphatic rings. The molecule has 1 aliphatic carbocycles. The van der Waals surface area contributed by atoms with E-state index in [-0.39, 0.29) is 16.5 Å². The summed E-state index contributed by atoms with van der Waals surface area (Å²) in [5, 5.41) is 3.58. The highest BCUT2D eigenvalue weighted by atomic mass is 35.5. The smallest absolute Gasteiger partial charge is 0.252 e. The van der Waals surface area contributed by atoms with E-state index in [1.165, 1.54) is 31.9 Å². The number of pyridine rings is 1. The van der Waals surface area contributed by atoms with Gasteiger partial charge in [0.1, 0.15) is 5.15 Å². The monoisotopic (exact) mass is 328 g/mol. The third-order valence-corrected chi connectivity index (χ3v) is 4.87. The topological polar surface area (TPSA) is 42.0 Å². The number of carbonyl (C=O) groups excluding carboxylic acids is 1. The highest BCUT2D eigenvalue weighted by Crippen LogP contribution is 2.42. The number of hydrogen-bond donors (Lipinski definition) is 1. The van der Waals surface area contributed by atoms with E-state index in [9.17, 15) is 4.79 Å². The zero-order valence-electron chi connectivity index (χ0n) is 12.6. The summed E-state index contributed by atoms with van der Waals surface area (Å²) in [7, 11) is 0. The molecule has 0 atom stereocenters. The quantitative estimate of drug-likeness (QED) is 0.794. The first-order valence-electron chi connectivity index (χ1n) is 7.51. The van der Waals surface area contributed by atoms with Crippen LogP contribution in [0.25, 0.3) is 0 Å². The minimum Gasteiger partial charge on any atom is -0.351 e. The molecule has 5 heteroatoms. The highest BCUT2D eigenvalue weighted by Gasteiger charge is 2.34. The largest absolute Gasteiger partial charge is 0.351 e. The average molecular weight is 329 g/mol. The molecule has 3 nitrogen and oxygen atoms in total. The van der Waals surface area contributed by atoms with Crippen LogP contribution in [0, 0.1) is 11.3 Å². The zero-order chi connectivity index (χ0) is 15.5. The van der Waals surface area contributed by atoms with Crippen LogP contribution in [0.2, 0.25) is 10.2 Å². The van der Waals surface area contributed by atoms with Crippen molar-refractivity contribution in [2.24, 2.45) is 11.3 Å². The molecular weight excluding hydrogens is 307 g/mol. The Bertz CT molecular complexity index is 511. The molecule has 0 unspecified atom stereocenters. The van der Waals surface area contributed by atoms with Crippen LogP contribution in [-0.2, 0) is 0 Å². The van der Waals surface area contributed by atoms with Gasteiger partial charge in [-0.1, -0.05) is 49.9 Å². The Morgan fingerprint density at radius 2 is 2.05 bits per heavy atom. The van der Waals surface area contributed by atoms with E-state index in [1.54, 1.807) is 6.07 Å². The molecule has 0 saturated heterocycles. The van der Waals surface area contributed by atoms with E-state index in [1.807, 2.05) is 0 Å². The van der Waals surface area contributed by atoms with E-state index in [0.717, 1.165) is 13.0 Å². The van der Waals surface area contributed by atoms with Crippen molar-refractivity contribution < 1.29 is 4.79 Å². The van der Waals surface area contributed by atoms with Crippen molar-refractivity contribution in [2.75, 3.05) is 6.54 Å². The SMILES string of the molecule is CC(C)CC1(CNC(=O)c2cnc(Cl)c(Cl)c2)CCCC1. The van der Waals surface area contributed by atoms with E-state index in [4.69, 9.17) is 23.2 Å². The van der Waals surface area contributed by atoms with Gasteiger partial charge in [0.05, 0.1) is 10.6 Å². The number of nitrogens with zero attached hydrogens (tertiary/aromatic N) is 1. The average Bonchev–Trinajstić information content (AvgIpc) is 2.87. The van der Waals surface area contributed by atoms with Crippen molar-refractivity contribution in [3.63, 3.8) is 0 Å². The van der Waals surface area contributed by atoms with Gasteiger partial charge in [-0.15, -0.1) is 0 Å². The Kier molecular flexibility index (Phi) is 5.50. The number of carbonyl (C=O) groups is 1. The zero-order valence-corrected chi connectivity index (χ0v) is 14.1. The van der Waals surface area contributed by atoms with Gasteiger partial charge < -0.3 is 5.32 Å². The van der Waals surface area contributed by atoms with Crippen molar-refractivity contribution in [2.45, 2.75) is 46.0 Å². The van der Waals surface area contributed by atoms with Gasteiger partial charge in [-0.25, -0.2) is 4.98 Å². The standard InChI is InChI=1S/C16H22Cl2N2O/c1-11(2)8-16(5-3-4-6-16)10-20-15(21)12-7-13(17)14(18)19-9-12/h7,9,11H,3-6,8,10H2,1-2H3,(H,20,21). The molecule has 2 rings (SSSR count). The fourth-order valence-corrected chi connectivity index (χ4v) is 3.63. The van der Waals surface area contributed by atoms with Crippen molar-refractivity contribution in [1.29, 1.82) is 0 Å². The molecule has 0 bridgehead atoms. The normalized spacial score (nSPS) is 17.2. The summed E-state index contributed by atoms with van der Waals surface area (Å²) < 4.78 is 0. The fourth-order valence-electron chi connectivity index (χ4n) is 3.36. The summed E-state index contributed by atoms with van der Waals surface area (Å²) in [5.74, 6) is 0.516. The second-order valence-corrected chi connectivity index (χ2v) is 7.25. The summed E-state index contributed by atoms with van der Waals surface area (Å²) >= 11 is 11.7. The van der Waals surface area contributed by atoms with Crippen LogP contribution in [0.15, 0.2) is 12.3 Å². The number of nitrogens with one attached hydrogen (secondary N) is 1. The Morgan fingerprint density at radius 1 is 1.38 bits per heavy atom. The number of halogens is 2.